The molecule has 78 valence electrons. The normalized spacial score (nSPS) is 12.8. The van der Waals surface area contributed by atoms with Crippen molar-refractivity contribution in [1.29, 1.82) is 0 Å². The summed E-state index contributed by atoms with van der Waals surface area (Å²) in [6.07, 6.45) is 3.11. The summed E-state index contributed by atoms with van der Waals surface area (Å²) in [5.74, 6) is 5.39. The van der Waals surface area contributed by atoms with E-state index in [0.29, 0.717) is 5.92 Å². The fourth-order valence-electron chi connectivity index (χ4n) is 1.32. The third-order valence-corrected chi connectivity index (χ3v) is 2.13. The van der Waals surface area contributed by atoms with Crippen LogP contribution in [0.25, 0.3) is 0 Å². The van der Waals surface area contributed by atoms with Gasteiger partial charge in [0.15, 0.2) is 0 Å². The fourth-order valence-corrected chi connectivity index (χ4v) is 1.32. The number of aromatic nitrogens is 1. The lowest BCUT2D eigenvalue weighted by molar-refractivity contribution is 0.498. The molecule has 1 aromatic heterocycles. The summed E-state index contributed by atoms with van der Waals surface area (Å²) in [6.45, 7) is 2.92. The fraction of sp³-hybridized carbons (Fsp3) is 0.500. The van der Waals surface area contributed by atoms with E-state index < -0.39 is 0 Å². The van der Waals surface area contributed by atoms with E-state index in [0.717, 1.165) is 25.1 Å². The van der Waals surface area contributed by atoms with Gasteiger partial charge in [0.1, 0.15) is 5.82 Å². The molecule has 3 nitrogen and oxygen atoms in total. The molecule has 14 heavy (non-hydrogen) atoms. The second kappa shape index (κ2) is 5.67. The Kier molecular flexibility index (Phi) is 4.49. The van der Waals surface area contributed by atoms with Crippen LogP contribution in [0.4, 0.5) is 4.39 Å². The zero-order chi connectivity index (χ0) is 10.4. The zero-order valence-electron chi connectivity index (χ0n) is 8.33. The third-order valence-electron chi connectivity index (χ3n) is 2.13. The SMILES string of the molecule is CC(CCNN)Cc1ccc(F)cn1. The van der Waals surface area contributed by atoms with Gasteiger partial charge >= 0.3 is 0 Å². The molecule has 0 spiro atoms. The summed E-state index contributed by atoms with van der Waals surface area (Å²) in [5, 5.41) is 0. The number of nitrogens with one attached hydrogen (secondary N) is 1. The van der Waals surface area contributed by atoms with Crippen molar-refractivity contribution < 1.29 is 4.39 Å². The van der Waals surface area contributed by atoms with Gasteiger partial charge in [-0.2, -0.15) is 0 Å². The highest BCUT2D eigenvalue weighted by atomic mass is 19.1. The van der Waals surface area contributed by atoms with E-state index in [2.05, 4.69) is 17.3 Å². The smallest absolute Gasteiger partial charge is 0.141 e. The van der Waals surface area contributed by atoms with E-state index in [1.54, 1.807) is 6.07 Å². The lowest BCUT2D eigenvalue weighted by atomic mass is 10.0. The number of hydrazine groups is 1. The first-order valence-corrected chi connectivity index (χ1v) is 4.76. The summed E-state index contributed by atoms with van der Waals surface area (Å²) >= 11 is 0. The third kappa shape index (κ3) is 3.81. The van der Waals surface area contributed by atoms with Gasteiger partial charge in [0.2, 0.25) is 0 Å². The minimum absolute atomic E-state index is 0.287. The van der Waals surface area contributed by atoms with Gasteiger partial charge in [0.05, 0.1) is 6.20 Å². The highest BCUT2D eigenvalue weighted by Crippen LogP contribution is 2.09. The van der Waals surface area contributed by atoms with Crippen LogP contribution in [-0.2, 0) is 6.42 Å². The molecular formula is C10H16FN3. The maximum absolute atomic E-state index is 12.5. The first-order valence-electron chi connectivity index (χ1n) is 4.76. The van der Waals surface area contributed by atoms with E-state index in [9.17, 15) is 4.39 Å². The van der Waals surface area contributed by atoms with Crippen LogP contribution in [0, 0.1) is 11.7 Å². The molecule has 0 amide bonds. The molecular weight excluding hydrogens is 181 g/mol. The van der Waals surface area contributed by atoms with Crippen LogP contribution >= 0.6 is 0 Å². The monoisotopic (exact) mass is 197 g/mol. The average molecular weight is 197 g/mol. The van der Waals surface area contributed by atoms with Gasteiger partial charge in [-0.1, -0.05) is 6.92 Å². The second-order valence-electron chi connectivity index (χ2n) is 3.52. The summed E-state index contributed by atoms with van der Waals surface area (Å²) in [4.78, 5) is 4.00. The first kappa shape index (κ1) is 11.1. The van der Waals surface area contributed by atoms with Crippen LogP contribution < -0.4 is 11.3 Å². The Morgan fingerprint density at radius 2 is 2.36 bits per heavy atom. The molecule has 0 aliphatic heterocycles. The van der Waals surface area contributed by atoms with E-state index in [1.165, 1.54) is 12.3 Å². The van der Waals surface area contributed by atoms with Crippen LogP contribution in [0.1, 0.15) is 19.0 Å². The molecule has 0 fully saturated rings. The van der Waals surface area contributed by atoms with Crippen molar-refractivity contribution in [3.8, 4) is 0 Å². The molecule has 0 aromatic carbocycles. The number of nitrogens with zero attached hydrogens (tertiary/aromatic N) is 1. The lowest BCUT2D eigenvalue weighted by Gasteiger charge is -2.09. The van der Waals surface area contributed by atoms with Crippen LogP contribution in [0.15, 0.2) is 18.3 Å². The molecule has 1 rings (SSSR count). The Labute approximate surface area is 83.5 Å². The summed E-state index contributed by atoms with van der Waals surface area (Å²) in [7, 11) is 0. The highest BCUT2D eigenvalue weighted by Gasteiger charge is 2.04. The standard InChI is InChI=1S/C10H16FN3/c1-8(4-5-14-12)6-10-3-2-9(11)7-13-10/h2-3,7-8,14H,4-6,12H2,1H3. The quantitative estimate of drug-likeness (QED) is 0.552. The van der Waals surface area contributed by atoms with Gasteiger partial charge < -0.3 is 0 Å². The molecule has 0 saturated heterocycles. The zero-order valence-corrected chi connectivity index (χ0v) is 8.33. The van der Waals surface area contributed by atoms with Crippen LogP contribution in [0.3, 0.4) is 0 Å². The summed E-state index contributed by atoms with van der Waals surface area (Å²) < 4.78 is 12.5. The molecule has 0 radical (unpaired) electrons. The van der Waals surface area contributed by atoms with Crippen molar-refractivity contribution in [2.75, 3.05) is 6.54 Å². The van der Waals surface area contributed by atoms with E-state index in [1.807, 2.05) is 0 Å². The molecule has 0 saturated carbocycles. The minimum Gasteiger partial charge on any atom is -0.271 e. The number of halogens is 1. The van der Waals surface area contributed by atoms with E-state index >= 15 is 0 Å². The van der Waals surface area contributed by atoms with Gasteiger partial charge in [-0.15, -0.1) is 0 Å². The molecule has 1 heterocycles. The van der Waals surface area contributed by atoms with Gasteiger partial charge in [-0.3, -0.25) is 16.3 Å². The van der Waals surface area contributed by atoms with E-state index in [-0.39, 0.29) is 5.82 Å². The van der Waals surface area contributed by atoms with Crippen molar-refractivity contribution >= 4 is 0 Å². The minimum atomic E-state index is -0.287. The molecule has 0 aliphatic carbocycles. The second-order valence-corrected chi connectivity index (χ2v) is 3.52. The molecule has 1 atom stereocenters. The van der Waals surface area contributed by atoms with Gasteiger partial charge in [-0.25, -0.2) is 4.39 Å². The van der Waals surface area contributed by atoms with Crippen molar-refractivity contribution in [2.24, 2.45) is 11.8 Å². The maximum atomic E-state index is 12.5. The number of hydrogen-bond acceptors (Lipinski definition) is 3. The number of pyridine rings is 1. The molecule has 1 unspecified atom stereocenters. The lowest BCUT2D eigenvalue weighted by Crippen LogP contribution is -2.24. The summed E-state index contributed by atoms with van der Waals surface area (Å²) in [5.41, 5.74) is 3.54. The van der Waals surface area contributed by atoms with Gasteiger partial charge in [0, 0.05) is 12.2 Å². The highest BCUT2D eigenvalue weighted by molar-refractivity contribution is 5.05. The van der Waals surface area contributed by atoms with Crippen LogP contribution in [-0.4, -0.2) is 11.5 Å². The Hall–Kier alpha value is -1.00. The predicted octanol–water partition coefficient (Wildman–Crippen LogP) is 1.25. The Balaban J connectivity index is 2.39. The first-order chi connectivity index (χ1) is 6.72. The van der Waals surface area contributed by atoms with Crippen molar-refractivity contribution in [3.63, 3.8) is 0 Å². The van der Waals surface area contributed by atoms with Crippen LogP contribution in [0.2, 0.25) is 0 Å². The predicted molar refractivity (Wildman–Crippen MR) is 53.9 cm³/mol. The number of nitrogens with two attached hydrogens (primary N) is 1. The topological polar surface area (TPSA) is 50.9 Å². The van der Waals surface area contributed by atoms with Gasteiger partial charge in [-0.05, 0) is 30.9 Å². The maximum Gasteiger partial charge on any atom is 0.141 e. The van der Waals surface area contributed by atoms with E-state index in [4.69, 9.17) is 5.84 Å². The van der Waals surface area contributed by atoms with Crippen molar-refractivity contribution in [3.05, 3.63) is 29.8 Å². The molecule has 4 heteroatoms. The van der Waals surface area contributed by atoms with Gasteiger partial charge in [0.25, 0.3) is 0 Å². The van der Waals surface area contributed by atoms with Crippen molar-refractivity contribution in [2.45, 2.75) is 19.8 Å². The average Bonchev–Trinajstić information content (AvgIpc) is 2.18. The molecule has 0 bridgehead atoms. The molecule has 0 aliphatic rings. The van der Waals surface area contributed by atoms with Crippen LogP contribution in [0.5, 0.6) is 0 Å². The Morgan fingerprint density at radius 3 is 2.93 bits per heavy atom. The molecule has 3 N–H and O–H groups in total. The van der Waals surface area contributed by atoms with Crippen molar-refractivity contribution in [1.82, 2.24) is 10.4 Å². The Bertz CT molecular complexity index is 261. The number of rotatable bonds is 5. The number of hydrogen-bond donors (Lipinski definition) is 2. The Morgan fingerprint density at radius 1 is 1.57 bits per heavy atom. The largest absolute Gasteiger partial charge is 0.271 e. The molecule has 1 aromatic rings. The summed E-state index contributed by atoms with van der Waals surface area (Å²) in [6, 6.07) is 3.16.